The summed E-state index contributed by atoms with van der Waals surface area (Å²) in [6.45, 7) is 1.53. The van der Waals surface area contributed by atoms with Gasteiger partial charge in [0.1, 0.15) is 26.8 Å². The molecule has 1 aromatic heterocycles. The Labute approximate surface area is 144 Å². The Hall–Kier alpha value is -1.82. The predicted octanol–water partition coefficient (Wildman–Crippen LogP) is 4.63. The molecule has 0 fully saturated rings. The summed E-state index contributed by atoms with van der Waals surface area (Å²) >= 11 is 18.0. The number of fused-ring (bicyclic) bond motifs is 2. The molecule has 8 heteroatoms. The lowest BCUT2D eigenvalue weighted by atomic mass is 10.1. The van der Waals surface area contributed by atoms with Crippen molar-refractivity contribution in [1.82, 2.24) is 0 Å². The lowest BCUT2D eigenvalue weighted by Crippen LogP contribution is -2.06. The summed E-state index contributed by atoms with van der Waals surface area (Å²) in [7, 11) is 1.36. The van der Waals surface area contributed by atoms with Gasteiger partial charge in [0, 0.05) is 6.07 Å². The first kappa shape index (κ1) is 16.1. The number of rotatable bonds is 1. The molecule has 23 heavy (non-hydrogen) atoms. The summed E-state index contributed by atoms with van der Waals surface area (Å²) in [4.78, 5) is 12.8. The Kier molecular flexibility index (Phi) is 3.75. The Balaban J connectivity index is 2.67. The van der Waals surface area contributed by atoms with Crippen LogP contribution >= 0.6 is 34.8 Å². The molecular formula is C15H9Cl3O5. The fourth-order valence-electron chi connectivity index (χ4n) is 2.42. The standard InChI is InChI=1S/C15H9Cl3O5/c1-4-7-12(19)8-5(3-6(22-2)10(17)13(8)20)23-15(7)11(18)14(21)9(4)16/h3,20-21H,1-2H3. The van der Waals surface area contributed by atoms with Crippen LogP contribution in [-0.2, 0) is 0 Å². The molecule has 3 rings (SSSR count). The van der Waals surface area contributed by atoms with E-state index in [1.54, 1.807) is 0 Å². The van der Waals surface area contributed by atoms with Gasteiger partial charge in [-0.25, -0.2) is 0 Å². The fourth-order valence-corrected chi connectivity index (χ4v) is 3.11. The van der Waals surface area contributed by atoms with Crippen molar-refractivity contribution in [2.75, 3.05) is 7.11 Å². The van der Waals surface area contributed by atoms with Gasteiger partial charge in [-0.2, -0.15) is 0 Å². The molecule has 0 bridgehead atoms. The molecule has 0 aliphatic rings. The minimum atomic E-state index is -0.565. The molecule has 0 aliphatic heterocycles. The molecule has 0 saturated heterocycles. The smallest absolute Gasteiger partial charge is 0.204 e. The van der Waals surface area contributed by atoms with E-state index in [0.29, 0.717) is 0 Å². The number of phenolic OH excluding ortho intramolecular Hbond substituents is 2. The molecule has 0 saturated carbocycles. The van der Waals surface area contributed by atoms with Crippen LogP contribution in [0.4, 0.5) is 0 Å². The van der Waals surface area contributed by atoms with Crippen molar-refractivity contribution in [2.24, 2.45) is 0 Å². The van der Waals surface area contributed by atoms with Gasteiger partial charge in [0.2, 0.25) is 5.43 Å². The molecule has 3 aromatic rings. The molecule has 0 radical (unpaired) electrons. The third-order valence-corrected chi connectivity index (χ3v) is 4.78. The second-order valence-corrected chi connectivity index (χ2v) is 5.99. The summed E-state index contributed by atoms with van der Waals surface area (Å²) in [6, 6.07) is 1.36. The van der Waals surface area contributed by atoms with Crippen molar-refractivity contribution in [3.8, 4) is 17.2 Å². The summed E-state index contributed by atoms with van der Waals surface area (Å²) in [6.07, 6.45) is 0. The number of aryl methyl sites for hydroxylation is 1. The number of methoxy groups -OCH3 is 1. The predicted molar refractivity (Wildman–Crippen MR) is 89.6 cm³/mol. The van der Waals surface area contributed by atoms with Gasteiger partial charge < -0.3 is 19.4 Å². The molecule has 0 spiro atoms. The molecular weight excluding hydrogens is 367 g/mol. The van der Waals surface area contributed by atoms with Gasteiger partial charge in [-0.05, 0) is 12.5 Å². The zero-order chi connectivity index (χ0) is 17.0. The van der Waals surface area contributed by atoms with E-state index in [0.717, 1.165) is 0 Å². The number of hydrogen-bond acceptors (Lipinski definition) is 5. The Morgan fingerprint density at radius 3 is 2.30 bits per heavy atom. The van der Waals surface area contributed by atoms with Gasteiger partial charge in [-0.3, -0.25) is 4.79 Å². The van der Waals surface area contributed by atoms with Crippen molar-refractivity contribution in [1.29, 1.82) is 0 Å². The third kappa shape index (κ3) is 2.11. The summed E-state index contributed by atoms with van der Waals surface area (Å²) < 4.78 is 10.6. The number of ether oxygens (including phenoxy) is 1. The number of benzene rings is 2. The van der Waals surface area contributed by atoms with Crippen LogP contribution in [0.15, 0.2) is 15.3 Å². The van der Waals surface area contributed by atoms with Crippen LogP contribution in [0.2, 0.25) is 15.1 Å². The third-order valence-electron chi connectivity index (χ3n) is 3.60. The van der Waals surface area contributed by atoms with Crippen LogP contribution in [0.1, 0.15) is 5.56 Å². The van der Waals surface area contributed by atoms with Crippen molar-refractivity contribution in [2.45, 2.75) is 6.92 Å². The van der Waals surface area contributed by atoms with E-state index in [2.05, 4.69) is 0 Å². The molecule has 2 N–H and O–H groups in total. The monoisotopic (exact) mass is 374 g/mol. The largest absolute Gasteiger partial charge is 0.505 e. The van der Waals surface area contributed by atoms with Crippen LogP contribution in [-0.4, -0.2) is 17.3 Å². The maximum atomic E-state index is 12.8. The lowest BCUT2D eigenvalue weighted by molar-refractivity contribution is 0.408. The van der Waals surface area contributed by atoms with E-state index in [4.69, 9.17) is 44.0 Å². The summed E-state index contributed by atoms with van der Waals surface area (Å²) in [5, 5.41) is 19.7. The molecule has 1 heterocycles. The first-order chi connectivity index (χ1) is 10.8. The van der Waals surface area contributed by atoms with E-state index in [-0.39, 0.29) is 54.1 Å². The molecule has 0 aliphatic carbocycles. The molecule has 2 aromatic carbocycles. The first-order valence-electron chi connectivity index (χ1n) is 6.32. The first-order valence-corrected chi connectivity index (χ1v) is 7.45. The normalized spacial score (nSPS) is 11.3. The summed E-state index contributed by atoms with van der Waals surface area (Å²) in [5.74, 6) is -0.715. The second-order valence-electron chi connectivity index (χ2n) is 4.85. The highest BCUT2D eigenvalue weighted by Gasteiger charge is 2.23. The van der Waals surface area contributed by atoms with Crippen molar-refractivity contribution >= 4 is 56.7 Å². The number of halogens is 3. The maximum absolute atomic E-state index is 12.8. The molecule has 0 unspecified atom stereocenters. The Morgan fingerprint density at radius 2 is 1.70 bits per heavy atom. The molecule has 0 amide bonds. The van der Waals surface area contributed by atoms with E-state index in [1.165, 1.54) is 20.1 Å². The van der Waals surface area contributed by atoms with Gasteiger partial charge in [-0.15, -0.1) is 0 Å². The van der Waals surface area contributed by atoms with E-state index in [9.17, 15) is 15.0 Å². The van der Waals surface area contributed by atoms with Crippen molar-refractivity contribution < 1.29 is 19.4 Å². The quantitative estimate of drug-likeness (QED) is 0.606. The van der Waals surface area contributed by atoms with Gasteiger partial charge >= 0.3 is 0 Å². The fraction of sp³-hybridized carbons (Fsp3) is 0.133. The molecule has 5 nitrogen and oxygen atoms in total. The average molecular weight is 376 g/mol. The molecule has 0 atom stereocenters. The second kappa shape index (κ2) is 5.37. The van der Waals surface area contributed by atoms with E-state index < -0.39 is 11.2 Å². The SMILES string of the molecule is COc1cc2oc3c(Cl)c(O)c(Cl)c(C)c3c(=O)c2c(O)c1Cl. The number of aromatic hydroxyl groups is 2. The van der Waals surface area contributed by atoms with Gasteiger partial charge in [-0.1, -0.05) is 34.8 Å². The summed E-state index contributed by atoms with van der Waals surface area (Å²) in [5.41, 5.74) is -0.299. The topological polar surface area (TPSA) is 79.9 Å². The molecule has 120 valence electrons. The van der Waals surface area contributed by atoms with Crippen LogP contribution in [0.25, 0.3) is 21.9 Å². The van der Waals surface area contributed by atoms with Crippen LogP contribution in [0.3, 0.4) is 0 Å². The Morgan fingerprint density at radius 1 is 1.04 bits per heavy atom. The highest BCUT2D eigenvalue weighted by Crippen LogP contribution is 2.44. The average Bonchev–Trinajstić information content (AvgIpc) is 2.53. The van der Waals surface area contributed by atoms with Gasteiger partial charge in [0.05, 0.1) is 17.5 Å². The van der Waals surface area contributed by atoms with Gasteiger partial charge in [0.25, 0.3) is 0 Å². The van der Waals surface area contributed by atoms with E-state index in [1.807, 2.05) is 0 Å². The van der Waals surface area contributed by atoms with E-state index >= 15 is 0 Å². The van der Waals surface area contributed by atoms with Crippen LogP contribution in [0, 0.1) is 6.92 Å². The van der Waals surface area contributed by atoms with Crippen molar-refractivity contribution in [3.63, 3.8) is 0 Å². The minimum absolute atomic E-state index is 0.0178. The highest BCUT2D eigenvalue weighted by molar-refractivity contribution is 6.41. The highest BCUT2D eigenvalue weighted by atomic mass is 35.5. The van der Waals surface area contributed by atoms with Crippen LogP contribution in [0.5, 0.6) is 17.2 Å². The number of phenols is 2. The maximum Gasteiger partial charge on any atom is 0.204 e. The lowest BCUT2D eigenvalue weighted by Gasteiger charge is -2.12. The zero-order valence-electron chi connectivity index (χ0n) is 11.8. The minimum Gasteiger partial charge on any atom is -0.505 e. The van der Waals surface area contributed by atoms with Crippen molar-refractivity contribution in [3.05, 3.63) is 36.9 Å². The van der Waals surface area contributed by atoms with Gasteiger partial charge in [0.15, 0.2) is 17.1 Å². The zero-order valence-corrected chi connectivity index (χ0v) is 14.1. The van der Waals surface area contributed by atoms with Crippen LogP contribution < -0.4 is 10.2 Å². The number of hydrogen-bond donors (Lipinski definition) is 2. The Bertz CT molecular complexity index is 1040.